The monoisotopic (exact) mass is 558 g/mol. The van der Waals surface area contributed by atoms with Crippen LogP contribution >= 0.6 is 23.2 Å². The third-order valence-corrected chi connectivity index (χ3v) is 6.23. The van der Waals surface area contributed by atoms with Gasteiger partial charge in [0.2, 0.25) is 5.28 Å². The highest BCUT2D eigenvalue weighted by Crippen LogP contribution is 2.37. The number of rotatable bonds is 8. The minimum absolute atomic E-state index is 0.0624. The van der Waals surface area contributed by atoms with Crippen molar-refractivity contribution in [3.05, 3.63) is 53.0 Å². The first-order valence-electron chi connectivity index (χ1n) is 12.0. The molecular weight excluding hydrogens is 531 g/mol. The first-order valence-corrected chi connectivity index (χ1v) is 12.8. The third-order valence-electron chi connectivity index (χ3n) is 5.85. The Morgan fingerprint density at radius 2 is 2.05 bits per heavy atom. The van der Waals surface area contributed by atoms with Crippen LogP contribution in [0.4, 0.5) is 5.82 Å². The van der Waals surface area contributed by atoms with Crippen molar-refractivity contribution < 1.29 is 19.3 Å². The maximum absolute atomic E-state index is 10.4. The van der Waals surface area contributed by atoms with E-state index < -0.39 is 18.1 Å². The van der Waals surface area contributed by atoms with Crippen molar-refractivity contribution in [3.8, 4) is 5.75 Å². The topological polar surface area (TPSA) is 107 Å². The van der Waals surface area contributed by atoms with E-state index in [1.165, 1.54) is 0 Å². The highest BCUT2D eigenvalue weighted by Gasteiger charge is 2.41. The van der Waals surface area contributed by atoms with Crippen LogP contribution in [0.1, 0.15) is 26.5 Å². The summed E-state index contributed by atoms with van der Waals surface area (Å²) in [6.07, 6.45) is 4.17. The molecular formula is C26H28Cl2N6O4. The van der Waals surface area contributed by atoms with E-state index in [-0.39, 0.29) is 18.0 Å². The Hall–Kier alpha value is -3.02. The molecule has 1 fully saturated rings. The van der Waals surface area contributed by atoms with Gasteiger partial charge < -0.3 is 28.8 Å². The highest BCUT2D eigenvalue weighted by molar-refractivity contribution is 6.31. The number of benzene rings is 1. The first-order chi connectivity index (χ1) is 18.1. The van der Waals surface area contributed by atoms with E-state index in [0.717, 1.165) is 10.9 Å². The Balaban J connectivity index is 1.39. The fraction of sp³-hybridized carbons (Fsp3) is 0.385. The smallest absolute Gasteiger partial charge is 0.226 e. The molecule has 1 saturated heterocycles. The number of pyridine rings is 1. The van der Waals surface area contributed by atoms with Gasteiger partial charge in [-0.15, -0.1) is 0 Å². The Labute approximate surface area is 229 Å². The van der Waals surface area contributed by atoms with Crippen LogP contribution in [0.25, 0.3) is 21.9 Å². The van der Waals surface area contributed by atoms with Crippen LogP contribution < -0.4 is 4.74 Å². The lowest BCUT2D eigenvalue weighted by atomic mass is 10.2. The Morgan fingerprint density at radius 1 is 1.24 bits per heavy atom. The summed E-state index contributed by atoms with van der Waals surface area (Å²) >= 11 is 12.3. The predicted molar refractivity (Wildman–Crippen MR) is 146 cm³/mol. The molecule has 4 aromatic rings. The Kier molecular flexibility index (Phi) is 7.43. The molecule has 3 atom stereocenters. The van der Waals surface area contributed by atoms with Gasteiger partial charge in [0.15, 0.2) is 17.8 Å². The van der Waals surface area contributed by atoms with Gasteiger partial charge in [0, 0.05) is 44.4 Å². The van der Waals surface area contributed by atoms with E-state index in [1.807, 2.05) is 55.2 Å². The van der Waals surface area contributed by atoms with Crippen molar-refractivity contribution in [3.63, 3.8) is 0 Å². The fourth-order valence-corrected chi connectivity index (χ4v) is 4.69. The summed E-state index contributed by atoms with van der Waals surface area (Å²) in [5.74, 6) is -0.269. The summed E-state index contributed by atoms with van der Waals surface area (Å²) < 4.78 is 20.3. The van der Waals surface area contributed by atoms with Crippen LogP contribution in [-0.4, -0.2) is 74.6 Å². The zero-order valence-corrected chi connectivity index (χ0v) is 22.9. The van der Waals surface area contributed by atoms with Gasteiger partial charge >= 0.3 is 0 Å². The van der Waals surface area contributed by atoms with Crippen LogP contribution in [0, 0.1) is 0 Å². The lowest BCUT2D eigenvalue weighted by Crippen LogP contribution is -2.33. The maximum atomic E-state index is 10.4. The number of ether oxygens (including phenoxy) is 3. The molecule has 3 aromatic heterocycles. The molecule has 10 nitrogen and oxygen atoms in total. The molecule has 1 aromatic carbocycles. The number of hydrogen-bond acceptors (Lipinski definition) is 8. The Morgan fingerprint density at radius 3 is 2.82 bits per heavy atom. The van der Waals surface area contributed by atoms with Crippen molar-refractivity contribution >= 4 is 57.3 Å². The number of aliphatic hydroxyl groups is 1. The molecule has 38 heavy (non-hydrogen) atoms. The number of aliphatic imine (C=N–C) groups is 1. The van der Waals surface area contributed by atoms with Crippen LogP contribution in [-0.2, 0) is 9.47 Å². The number of hydrogen-bond donors (Lipinski definition) is 1. The Bertz CT molecular complexity index is 1490. The minimum Gasteiger partial charge on any atom is -0.491 e. The zero-order chi connectivity index (χ0) is 27.0. The normalized spacial score (nSPS) is 20.1. The van der Waals surface area contributed by atoms with Crippen molar-refractivity contribution in [2.45, 2.75) is 44.5 Å². The summed E-state index contributed by atoms with van der Waals surface area (Å²) in [6, 6.07) is 9.35. The average Bonchev–Trinajstić information content (AvgIpc) is 3.43. The summed E-state index contributed by atoms with van der Waals surface area (Å²) in [6.45, 7) is 3.45. The quantitative estimate of drug-likeness (QED) is 0.139. The minimum atomic E-state index is -1.37. The van der Waals surface area contributed by atoms with Gasteiger partial charge in [-0.2, -0.15) is 9.97 Å². The van der Waals surface area contributed by atoms with Crippen LogP contribution in [0.3, 0.4) is 0 Å². The van der Waals surface area contributed by atoms with Crippen molar-refractivity contribution in [2.24, 2.45) is 4.99 Å². The molecule has 0 aliphatic carbocycles. The summed E-state index contributed by atoms with van der Waals surface area (Å²) in [5.41, 5.74) is 1.33. The molecule has 0 saturated carbocycles. The molecule has 200 valence electrons. The van der Waals surface area contributed by atoms with E-state index >= 15 is 0 Å². The van der Waals surface area contributed by atoms with Crippen LogP contribution in [0.2, 0.25) is 10.3 Å². The summed E-state index contributed by atoms with van der Waals surface area (Å²) in [4.78, 5) is 19.3. The third kappa shape index (κ3) is 6.00. The number of fused-ring (bicyclic) bond motifs is 2. The molecule has 0 amide bonds. The molecule has 0 bridgehead atoms. The number of nitrogens with zero attached hydrogens (tertiary/aromatic N) is 6. The van der Waals surface area contributed by atoms with Crippen molar-refractivity contribution in [1.82, 2.24) is 24.4 Å². The lowest BCUT2D eigenvalue weighted by Gasteiger charge is -2.27. The van der Waals surface area contributed by atoms with Crippen molar-refractivity contribution in [1.29, 1.82) is 0 Å². The molecule has 1 N–H and O–H groups in total. The first kappa shape index (κ1) is 26.6. The summed E-state index contributed by atoms with van der Waals surface area (Å²) in [7, 11) is 3.73. The molecule has 0 unspecified atom stereocenters. The second-order valence-electron chi connectivity index (χ2n) is 9.79. The molecule has 0 radical (unpaired) electrons. The standard InChI is InChI=1S/C26H28Cl2N6O4/c1-26(2,35)38-21-11-18(13-36-17-6-5-15-9-16(27)12-29-20(15)10-17)37-24(21)34-8-7-19-22(30-14-33(3)4)31-25(28)32-23(19)34/h5-10,12,14,18,21,24,35H,11,13H2,1-4H3/b30-14+/t18-,21+,24+/m0/s1. The maximum Gasteiger partial charge on any atom is 0.226 e. The SMILES string of the molecule is CN(C)/C=N/c1nc(Cl)nc2c1ccn2[C@@H]1O[C@H](COc2ccc3cc(Cl)cnc3c2)C[C@H]1OC(C)(C)O. The molecule has 0 spiro atoms. The van der Waals surface area contributed by atoms with E-state index in [2.05, 4.69) is 19.9 Å². The van der Waals surface area contributed by atoms with Gasteiger partial charge in [-0.25, -0.2) is 4.99 Å². The van der Waals surface area contributed by atoms with Gasteiger partial charge in [0.05, 0.1) is 28.4 Å². The predicted octanol–water partition coefficient (Wildman–Crippen LogP) is 4.99. The van der Waals surface area contributed by atoms with E-state index in [0.29, 0.717) is 34.0 Å². The molecule has 12 heteroatoms. The average molecular weight is 559 g/mol. The number of halogens is 2. The largest absolute Gasteiger partial charge is 0.491 e. The lowest BCUT2D eigenvalue weighted by molar-refractivity contribution is -0.222. The van der Waals surface area contributed by atoms with E-state index in [9.17, 15) is 5.11 Å². The van der Waals surface area contributed by atoms with Crippen molar-refractivity contribution in [2.75, 3.05) is 20.7 Å². The van der Waals surface area contributed by atoms with E-state index in [1.54, 1.807) is 31.3 Å². The van der Waals surface area contributed by atoms with Gasteiger partial charge in [-0.05, 0) is 49.7 Å². The van der Waals surface area contributed by atoms with Gasteiger partial charge in [-0.1, -0.05) is 11.6 Å². The second kappa shape index (κ2) is 10.6. The van der Waals surface area contributed by atoms with E-state index in [4.69, 9.17) is 37.4 Å². The molecule has 5 rings (SSSR count). The van der Waals surface area contributed by atoms with Gasteiger partial charge in [0.1, 0.15) is 24.1 Å². The molecule has 1 aliphatic rings. The van der Waals surface area contributed by atoms with Gasteiger partial charge in [0.25, 0.3) is 0 Å². The van der Waals surface area contributed by atoms with Gasteiger partial charge in [-0.3, -0.25) is 4.98 Å². The zero-order valence-electron chi connectivity index (χ0n) is 21.4. The second-order valence-corrected chi connectivity index (χ2v) is 10.6. The number of aromatic nitrogens is 4. The highest BCUT2D eigenvalue weighted by atomic mass is 35.5. The van der Waals surface area contributed by atoms with Crippen LogP contribution in [0.5, 0.6) is 5.75 Å². The molecule has 1 aliphatic heterocycles. The summed E-state index contributed by atoms with van der Waals surface area (Å²) in [5, 5.41) is 12.7. The molecule has 4 heterocycles. The fourth-order valence-electron chi connectivity index (χ4n) is 4.36. The van der Waals surface area contributed by atoms with Crippen LogP contribution in [0.15, 0.2) is 47.7 Å².